The molecule has 0 spiro atoms. The zero-order chi connectivity index (χ0) is 17.5. The van der Waals surface area contributed by atoms with E-state index in [1.165, 1.54) is 24.2 Å². The van der Waals surface area contributed by atoms with Crippen molar-refractivity contribution in [2.45, 2.75) is 38.1 Å². The summed E-state index contributed by atoms with van der Waals surface area (Å²) in [5, 5.41) is 6.83. The summed E-state index contributed by atoms with van der Waals surface area (Å²) in [6.45, 7) is 1.58. The molecule has 1 saturated heterocycles. The van der Waals surface area contributed by atoms with Crippen molar-refractivity contribution in [2.75, 3.05) is 36.5 Å². The fourth-order valence-electron chi connectivity index (χ4n) is 3.42. The van der Waals surface area contributed by atoms with Crippen LogP contribution >= 0.6 is 35.7 Å². The number of aliphatic imine (C=N–C) groups is 1. The summed E-state index contributed by atoms with van der Waals surface area (Å²) in [5.41, 5.74) is 2.37. The lowest BCUT2D eigenvalue weighted by atomic mass is 10.2. The molecule has 5 nitrogen and oxygen atoms in total. The third kappa shape index (κ3) is 5.77. The first kappa shape index (κ1) is 21.3. The maximum absolute atomic E-state index is 12.5. The molecular formula is C19H29IN4OS. The van der Waals surface area contributed by atoms with Gasteiger partial charge in [0.2, 0.25) is 5.91 Å². The van der Waals surface area contributed by atoms with Crippen LogP contribution in [0.4, 0.5) is 5.69 Å². The Labute approximate surface area is 177 Å². The van der Waals surface area contributed by atoms with Gasteiger partial charge in [-0.15, -0.1) is 24.0 Å². The molecule has 2 N–H and O–H groups in total. The number of rotatable bonds is 5. The van der Waals surface area contributed by atoms with Gasteiger partial charge in [0.05, 0.1) is 0 Å². The first-order chi connectivity index (χ1) is 12.3. The van der Waals surface area contributed by atoms with Crippen molar-refractivity contribution in [3.8, 4) is 0 Å². The van der Waals surface area contributed by atoms with Crippen molar-refractivity contribution in [1.82, 2.24) is 10.6 Å². The van der Waals surface area contributed by atoms with Crippen LogP contribution < -0.4 is 15.5 Å². The number of benzene rings is 1. The fraction of sp³-hybridized carbons (Fsp3) is 0.579. The highest BCUT2D eigenvalue weighted by Crippen LogP contribution is 2.27. The Morgan fingerprint density at radius 3 is 3.00 bits per heavy atom. The Morgan fingerprint density at radius 2 is 2.23 bits per heavy atom. The molecular weight excluding hydrogens is 459 g/mol. The Bertz CT molecular complexity index is 619. The zero-order valence-corrected chi connectivity index (χ0v) is 18.5. The molecule has 26 heavy (non-hydrogen) atoms. The first-order valence-corrected chi connectivity index (χ1v) is 10.4. The molecule has 144 valence electrons. The van der Waals surface area contributed by atoms with Gasteiger partial charge in [-0.3, -0.25) is 9.79 Å². The minimum atomic E-state index is 0. The van der Waals surface area contributed by atoms with Gasteiger partial charge in [0.15, 0.2) is 5.96 Å². The van der Waals surface area contributed by atoms with Crippen LogP contribution in [-0.2, 0) is 11.2 Å². The average molecular weight is 488 g/mol. The highest BCUT2D eigenvalue weighted by atomic mass is 127. The molecule has 1 fully saturated rings. The predicted molar refractivity (Wildman–Crippen MR) is 122 cm³/mol. The van der Waals surface area contributed by atoms with E-state index >= 15 is 0 Å². The fourth-order valence-corrected chi connectivity index (χ4v) is 4.49. The largest absolute Gasteiger partial charge is 0.356 e. The van der Waals surface area contributed by atoms with Gasteiger partial charge in [0, 0.05) is 44.0 Å². The van der Waals surface area contributed by atoms with Crippen molar-refractivity contribution < 1.29 is 4.79 Å². The van der Waals surface area contributed by atoms with E-state index < -0.39 is 0 Å². The molecule has 2 aliphatic rings. The summed E-state index contributed by atoms with van der Waals surface area (Å²) in [5.74, 6) is 3.49. The molecule has 1 amide bonds. The van der Waals surface area contributed by atoms with Gasteiger partial charge in [0.25, 0.3) is 0 Å². The SMILES string of the molecule is CN=C(NCCCC(=O)N1CCc2ccccc21)NC1CCCSC1.I. The lowest BCUT2D eigenvalue weighted by Gasteiger charge is -2.24. The molecule has 1 atom stereocenters. The molecule has 1 aromatic carbocycles. The van der Waals surface area contributed by atoms with E-state index in [-0.39, 0.29) is 29.9 Å². The monoisotopic (exact) mass is 488 g/mol. The summed E-state index contributed by atoms with van der Waals surface area (Å²) < 4.78 is 0. The number of nitrogens with zero attached hydrogens (tertiary/aromatic N) is 2. The van der Waals surface area contributed by atoms with Crippen LogP contribution in [0.2, 0.25) is 0 Å². The van der Waals surface area contributed by atoms with Crippen molar-refractivity contribution in [3.05, 3.63) is 29.8 Å². The van der Waals surface area contributed by atoms with Crippen molar-refractivity contribution in [2.24, 2.45) is 4.99 Å². The quantitative estimate of drug-likeness (QED) is 0.290. The molecule has 1 unspecified atom stereocenters. The summed E-state index contributed by atoms with van der Waals surface area (Å²) in [6.07, 6.45) is 4.83. The van der Waals surface area contributed by atoms with E-state index in [0.29, 0.717) is 12.5 Å². The van der Waals surface area contributed by atoms with Crippen LogP contribution in [0.15, 0.2) is 29.3 Å². The molecule has 2 aliphatic heterocycles. The molecule has 2 heterocycles. The number of thioether (sulfide) groups is 1. The second-order valence-corrected chi connectivity index (χ2v) is 7.73. The molecule has 0 aromatic heterocycles. The van der Waals surface area contributed by atoms with Gasteiger partial charge in [-0.1, -0.05) is 18.2 Å². The van der Waals surface area contributed by atoms with Crippen molar-refractivity contribution >= 4 is 53.3 Å². The Kier molecular flexibility index (Phi) is 9.04. The normalized spacial score (nSPS) is 19.5. The number of guanidine groups is 1. The van der Waals surface area contributed by atoms with Crippen molar-refractivity contribution in [1.29, 1.82) is 0 Å². The minimum absolute atomic E-state index is 0. The Morgan fingerprint density at radius 1 is 1.38 bits per heavy atom. The summed E-state index contributed by atoms with van der Waals surface area (Å²) in [7, 11) is 1.80. The number of para-hydroxylation sites is 1. The van der Waals surface area contributed by atoms with Crippen LogP contribution in [0.5, 0.6) is 0 Å². The number of carbonyl (C=O) groups excluding carboxylic acids is 1. The van der Waals surface area contributed by atoms with E-state index in [9.17, 15) is 4.79 Å². The van der Waals surface area contributed by atoms with Gasteiger partial charge in [-0.2, -0.15) is 11.8 Å². The number of fused-ring (bicyclic) bond motifs is 1. The van der Waals surface area contributed by atoms with E-state index in [0.717, 1.165) is 43.3 Å². The van der Waals surface area contributed by atoms with Crippen molar-refractivity contribution in [3.63, 3.8) is 0 Å². The molecule has 0 aliphatic carbocycles. The summed E-state index contributed by atoms with van der Waals surface area (Å²) in [4.78, 5) is 18.7. The van der Waals surface area contributed by atoms with Gasteiger partial charge in [0.1, 0.15) is 0 Å². The molecule has 3 rings (SSSR count). The van der Waals surface area contributed by atoms with E-state index in [2.05, 4.69) is 21.7 Å². The molecule has 7 heteroatoms. The van der Waals surface area contributed by atoms with Gasteiger partial charge in [-0.05, 0) is 43.1 Å². The van der Waals surface area contributed by atoms with E-state index in [1.54, 1.807) is 7.05 Å². The summed E-state index contributed by atoms with van der Waals surface area (Å²) in [6, 6.07) is 8.72. The van der Waals surface area contributed by atoms with Crippen LogP contribution in [0, 0.1) is 0 Å². The van der Waals surface area contributed by atoms with Gasteiger partial charge < -0.3 is 15.5 Å². The van der Waals surface area contributed by atoms with Crippen LogP contribution in [-0.4, -0.2) is 49.6 Å². The van der Waals surface area contributed by atoms with Gasteiger partial charge in [-0.25, -0.2) is 0 Å². The second kappa shape index (κ2) is 11.0. The molecule has 0 bridgehead atoms. The topological polar surface area (TPSA) is 56.7 Å². The molecule has 0 radical (unpaired) electrons. The summed E-state index contributed by atoms with van der Waals surface area (Å²) >= 11 is 2.00. The third-order valence-electron chi connectivity index (χ3n) is 4.77. The number of anilines is 1. The Hall–Kier alpha value is -0.960. The lowest BCUT2D eigenvalue weighted by Crippen LogP contribution is -2.45. The van der Waals surface area contributed by atoms with Crippen LogP contribution in [0.3, 0.4) is 0 Å². The van der Waals surface area contributed by atoms with Crippen LogP contribution in [0.25, 0.3) is 0 Å². The number of halogens is 1. The Balaban J connectivity index is 0.00000243. The first-order valence-electron chi connectivity index (χ1n) is 9.21. The second-order valence-electron chi connectivity index (χ2n) is 6.59. The maximum atomic E-state index is 12.5. The van der Waals surface area contributed by atoms with E-state index in [4.69, 9.17) is 0 Å². The average Bonchev–Trinajstić information content (AvgIpc) is 3.09. The number of hydrogen-bond acceptors (Lipinski definition) is 3. The standard InChI is InChI=1S/C19H28N4OS.HI/c1-20-19(22-16-7-5-13-25-14-16)21-11-4-9-18(24)23-12-10-15-6-2-3-8-17(15)23;/h2-3,6,8,16H,4-5,7,9-14H2,1H3,(H2,20,21,22);1H. The van der Waals surface area contributed by atoms with Crippen LogP contribution in [0.1, 0.15) is 31.2 Å². The molecule has 0 saturated carbocycles. The highest BCUT2D eigenvalue weighted by Gasteiger charge is 2.23. The smallest absolute Gasteiger partial charge is 0.227 e. The number of amides is 1. The number of carbonyl (C=O) groups is 1. The van der Waals surface area contributed by atoms with Gasteiger partial charge >= 0.3 is 0 Å². The number of hydrogen-bond donors (Lipinski definition) is 2. The number of nitrogens with one attached hydrogen (secondary N) is 2. The maximum Gasteiger partial charge on any atom is 0.227 e. The van der Waals surface area contributed by atoms with E-state index in [1.807, 2.05) is 34.9 Å². The zero-order valence-electron chi connectivity index (χ0n) is 15.4. The third-order valence-corrected chi connectivity index (χ3v) is 5.99. The molecule has 1 aromatic rings. The lowest BCUT2D eigenvalue weighted by molar-refractivity contribution is -0.118. The minimum Gasteiger partial charge on any atom is -0.356 e. The highest BCUT2D eigenvalue weighted by molar-refractivity contribution is 14.0. The predicted octanol–water partition coefficient (Wildman–Crippen LogP) is 3.03.